The molecule has 4 nitrogen and oxygen atoms in total. The Balaban J connectivity index is 1.97. The molecule has 0 aromatic heterocycles. The largest absolute Gasteiger partial charge is 0.295 e. The lowest BCUT2D eigenvalue weighted by atomic mass is 10.0. The Hall–Kier alpha value is -2.79. The normalized spacial score (nSPS) is 18.8. The first-order valence-electron chi connectivity index (χ1n) is 7.63. The van der Waals surface area contributed by atoms with Crippen LogP contribution in [0, 0.1) is 12.7 Å². The highest BCUT2D eigenvalue weighted by molar-refractivity contribution is 6.29. The van der Waals surface area contributed by atoms with Gasteiger partial charge in [0.05, 0.1) is 5.69 Å². The van der Waals surface area contributed by atoms with Crippen molar-refractivity contribution in [2.24, 2.45) is 0 Å². The number of carbonyl (C=O) groups is 2. The van der Waals surface area contributed by atoms with Gasteiger partial charge in [-0.15, -0.1) is 0 Å². The molecular formula is C19H17FN2O2. The van der Waals surface area contributed by atoms with E-state index >= 15 is 0 Å². The van der Waals surface area contributed by atoms with Crippen molar-refractivity contribution in [2.45, 2.75) is 13.0 Å². The standard InChI is InChI=1S/C19H17FN2O2/c1-13-5-7-14(8-6-13)9-15-11-21-22(19(15)18(24)12-23)17-4-2-3-16(20)10-17/h2-10,12,19,21H,11H2,1H3/b15-9+. The Morgan fingerprint density at radius 1 is 1.25 bits per heavy atom. The zero-order valence-corrected chi connectivity index (χ0v) is 13.2. The molecule has 5 heteroatoms. The fourth-order valence-corrected chi connectivity index (χ4v) is 2.78. The minimum Gasteiger partial charge on any atom is -0.295 e. The monoisotopic (exact) mass is 324 g/mol. The van der Waals surface area contributed by atoms with Crippen molar-refractivity contribution in [3.05, 3.63) is 71.0 Å². The number of nitrogens with zero attached hydrogens (tertiary/aromatic N) is 1. The van der Waals surface area contributed by atoms with Crippen molar-refractivity contribution in [2.75, 3.05) is 11.6 Å². The van der Waals surface area contributed by atoms with Crippen LogP contribution in [0.1, 0.15) is 11.1 Å². The maximum atomic E-state index is 13.5. The van der Waals surface area contributed by atoms with Crippen LogP contribution in [0.5, 0.6) is 0 Å². The summed E-state index contributed by atoms with van der Waals surface area (Å²) in [5.74, 6) is -0.967. The van der Waals surface area contributed by atoms with Crippen LogP contribution in [0.4, 0.5) is 10.1 Å². The van der Waals surface area contributed by atoms with Gasteiger partial charge in [0, 0.05) is 6.54 Å². The van der Waals surface area contributed by atoms with Crippen molar-refractivity contribution < 1.29 is 14.0 Å². The average molecular weight is 324 g/mol. The van der Waals surface area contributed by atoms with Crippen LogP contribution in [0.15, 0.2) is 54.1 Å². The number of hydrazine groups is 1. The molecule has 1 N–H and O–H groups in total. The lowest BCUT2D eigenvalue weighted by molar-refractivity contribution is -0.130. The third kappa shape index (κ3) is 3.26. The molecule has 1 aliphatic rings. The van der Waals surface area contributed by atoms with Crippen LogP contribution < -0.4 is 10.4 Å². The number of hydrogen-bond donors (Lipinski definition) is 1. The predicted octanol–water partition coefficient (Wildman–Crippen LogP) is 2.68. The van der Waals surface area contributed by atoms with Gasteiger partial charge in [-0.05, 0) is 36.3 Å². The molecule has 0 aliphatic carbocycles. The summed E-state index contributed by atoms with van der Waals surface area (Å²) in [6.07, 6.45) is 2.20. The molecule has 0 saturated carbocycles. The number of carbonyl (C=O) groups excluding carboxylic acids is 2. The zero-order valence-electron chi connectivity index (χ0n) is 13.2. The summed E-state index contributed by atoms with van der Waals surface area (Å²) in [5, 5.41) is 1.54. The third-order valence-electron chi connectivity index (χ3n) is 3.96. The van der Waals surface area contributed by atoms with Crippen LogP contribution in [-0.4, -0.2) is 24.7 Å². The number of hydrogen-bond acceptors (Lipinski definition) is 4. The Labute approximate surface area is 139 Å². The molecule has 1 heterocycles. The smallest absolute Gasteiger partial charge is 0.223 e. The zero-order chi connectivity index (χ0) is 17.1. The molecular weight excluding hydrogens is 307 g/mol. The van der Waals surface area contributed by atoms with Crippen LogP contribution in [0.2, 0.25) is 0 Å². The summed E-state index contributed by atoms with van der Waals surface area (Å²) < 4.78 is 13.5. The van der Waals surface area contributed by atoms with Gasteiger partial charge in [0.25, 0.3) is 0 Å². The SMILES string of the molecule is Cc1ccc(/C=C2\CNN(c3cccc(F)c3)C2C(=O)C=O)cc1. The third-order valence-corrected chi connectivity index (χ3v) is 3.96. The summed E-state index contributed by atoms with van der Waals surface area (Å²) in [5.41, 5.74) is 6.42. The summed E-state index contributed by atoms with van der Waals surface area (Å²) in [4.78, 5) is 23.2. The Morgan fingerprint density at radius 2 is 2.00 bits per heavy atom. The van der Waals surface area contributed by atoms with Crippen molar-refractivity contribution in [1.29, 1.82) is 0 Å². The van der Waals surface area contributed by atoms with E-state index in [0.717, 1.165) is 16.7 Å². The number of aryl methyl sites for hydroxylation is 1. The number of anilines is 1. The van der Waals surface area contributed by atoms with Gasteiger partial charge in [-0.2, -0.15) is 0 Å². The first-order valence-corrected chi connectivity index (χ1v) is 7.63. The van der Waals surface area contributed by atoms with E-state index in [1.165, 1.54) is 12.1 Å². The van der Waals surface area contributed by atoms with Crippen LogP contribution >= 0.6 is 0 Å². The van der Waals surface area contributed by atoms with E-state index in [1.807, 2.05) is 37.3 Å². The van der Waals surface area contributed by atoms with E-state index in [0.29, 0.717) is 18.5 Å². The lowest BCUT2D eigenvalue weighted by Crippen LogP contribution is -2.42. The highest BCUT2D eigenvalue weighted by atomic mass is 19.1. The minimum atomic E-state index is -0.773. The van der Waals surface area contributed by atoms with Gasteiger partial charge in [0.1, 0.15) is 11.9 Å². The minimum absolute atomic E-state index is 0.312. The van der Waals surface area contributed by atoms with Crippen LogP contribution in [-0.2, 0) is 9.59 Å². The van der Waals surface area contributed by atoms with E-state index in [9.17, 15) is 14.0 Å². The maximum absolute atomic E-state index is 13.5. The van der Waals surface area contributed by atoms with Crippen molar-refractivity contribution in [1.82, 2.24) is 5.43 Å². The van der Waals surface area contributed by atoms with Gasteiger partial charge in [-0.25, -0.2) is 9.82 Å². The van der Waals surface area contributed by atoms with E-state index in [4.69, 9.17) is 0 Å². The number of ketones is 1. The number of rotatable bonds is 4. The van der Waals surface area contributed by atoms with E-state index in [-0.39, 0.29) is 0 Å². The van der Waals surface area contributed by atoms with Crippen molar-refractivity contribution in [3.63, 3.8) is 0 Å². The highest BCUT2D eigenvalue weighted by Gasteiger charge is 2.35. The molecule has 1 aliphatic heterocycles. The highest BCUT2D eigenvalue weighted by Crippen LogP contribution is 2.26. The van der Waals surface area contributed by atoms with E-state index in [2.05, 4.69) is 5.43 Å². The topological polar surface area (TPSA) is 49.4 Å². The Morgan fingerprint density at radius 3 is 2.67 bits per heavy atom. The molecule has 1 saturated heterocycles. The fraction of sp³-hybridized carbons (Fsp3) is 0.158. The maximum Gasteiger partial charge on any atom is 0.223 e. The quantitative estimate of drug-likeness (QED) is 0.694. The molecule has 0 amide bonds. The second-order valence-corrected chi connectivity index (χ2v) is 5.74. The molecule has 2 aromatic carbocycles. The molecule has 1 unspecified atom stereocenters. The Bertz CT molecular complexity index is 799. The van der Waals surface area contributed by atoms with Crippen molar-refractivity contribution >= 4 is 23.8 Å². The molecule has 0 radical (unpaired) electrons. The lowest BCUT2D eigenvalue weighted by Gasteiger charge is -2.24. The second-order valence-electron chi connectivity index (χ2n) is 5.74. The molecule has 122 valence electrons. The van der Waals surface area contributed by atoms with E-state index in [1.54, 1.807) is 17.1 Å². The number of aldehydes is 1. The van der Waals surface area contributed by atoms with Gasteiger partial charge in [-0.3, -0.25) is 14.6 Å². The fourth-order valence-electron chi connectivity index (χ4n) is 2.78. The Kier molecular flexibility index (Phi) is 4.53. The molecule has 2 aromatic rings. The summed E-state index contributed by atoms with van der Waals surface area (Å²) in [7, 11) is 0. The first-order chi connectivity index (χ1) is 11.6. The summed E-state index contributed by atoms with van der Waals surface area (Å²) in [6.45, 7) is 2.41. The van der Waals surface area contributed by atoms with Crippen LogP contribution in [0.3, 0.4) is 0 Å². The van der Waals surface area contributed by atoms with Gasteiger partial charge >= 0.3 is 0 Å². The molecule has 3 rings (SSSR count). The van der Waals surface area contributed by atoms with Crippen molar-refractivity contribution in [3.8, 4) is 0 Å². The molecule has 0 spiro atoms. The summed E-state index contributed by atoms with van der Waals surface area (Å²) >= 11 is 0. The molecule has 1 fully saturated rings. The number of halogens is 1. The first kappa shape index (κ1) is 16.1. The van der Waals surface area contributed by atoms with Crippen LogP contribution in [0.25, 0.3) is 6.08 Å². The summed E-state index contributed by atoms with van der Waals surface area (Å²) in [6, 6.07) is 13.0. The number of benzene rings is 2. The van der Waals surface area contributed by atoms with Gasteiger partial charge < -0.3 is 0 Å². The van der Waals surface area contributed by atoms with E-state index < -0.39 is 17.6 Å². The number of nitrogens with one attached hydrogen (secondary N) is 1. The van der Waals surface area contributed by atoms with Gasteiger partial charge in [-0.1, -0.05) is 42.0 Å². The van der Waals surface area contributed by atoms with Gasteiger partial charge in [0.15, 0.2) is 6.29 Å². The average Bonchev–Trinajstić information content (AvgIpc) is 3.00. The number of Topliss-reactive ketones (excluding diaryl/α,β-unsaturated/α-hetero) is 1. The predicted molar refractivity (Wildman–Crippen MR) is 90.9 cm³/mol. The molecule has 24 heavy (non-hydrogen) atoms. The van der Waals surface area contributed by atoms with Gasteiger partial charge in [0.2, 0.25) is 5.78 Å². The molecule has 0 bridgehead atoms. The molecule has 1 atom stereocenters. The second kappa shape index (κ2) is 6.76.